The minimum atomic E-state index is -1.74. The van der Waals surface area contributed by atoms with E-state index in [1.54, 1.807) is 44.2 Å². The molecule has 2 aromatic rings. The molecule has 0 unspecified atom stereocenters. The van der Waals surface area contributed by atoms with Gasteiger partial charge in [0.2, 0.25) is 35.4 Å². The number of aromatic hydroxyl groups is 1. The molecule has 0 bridgehead atoms. The number of hydrogen-bond acceptors (Lipinski definition) is 12. The SMILES string of the molecule is CC(C)C[C@@H]1NC(=O)[C@H](NC(=O)c2ncccc2O)[C@@H](C)OC(=O)[C@H](c2ccccc2)N(C)C(=O)[C@@H](C)NC(=O)[C@H](CC(C)C)N(C)C(=O)CN(C)C(=O)[C@H]2C[C@H](O)CN2C1=O. The molecule has 1 aromatic heterocycles. The maximum absolute atomic E-state index is 14.4. The third-order valence-corrected chi connectivity index (χ3v) is 10.9. The van der Waals surface area contributed by atoms with Gasteiger partial charge in [0.15, 0.2) is 11.7 Å². The van der Waals surface area contributed by atoms with Crippen molar-refractivity contribution in [3.05, 3.63) is 59.9 Å². The summed E-state index contributed by atoms with van der Waals surface area (Å²) in [7, 11) is 4.11. The molecule has 8 atom stereocenters. The number of carbonyl (C=O) groups is 8. The van der Waals surface area contributed by atoms with Crippen molar-refractivity contribution in [2.75, 3.05) is 34.2 Å². The Kier molecular flexibility index (Phi) is 16.5. The Balaban J connectivity index is 1.84. The number of amides is 7. The van der Waals surface area contributed by atoms with Crippen LogP contribution < -0.4 is 16.0 Å². The molecule has 2 fully saturated rings. The predicted octanol–water partition coefficient (Wildman–Crippen LogP) is 0.360. The second-order valence-corrected chi connectivity index (χ2v) is 16.9. The maximum Gasteiger partial charge on any atom is 0.333 e. The number of likely N-dealkylation sites (N-methyl/N-ethyl adjacent to an activating group) is 3. The topological polar surface area (TPSA) is 248 Å². The van der Waals surface area contributed by atoms with Crippen molar-refractivity contribution in [1.82, 2.24) is 40.5 Å². The number of ether oxygens (including phenoxy) is 1. The average molecular weight is 865 g/mol. The molecule has 7 amide bonds. The number of hydrogen-bond donors (Lipinski definition) is 5. The standard InChI is InChI=1S/C43H60N8O11/c1-23(2)18-29-41(59)51-21-28(52)20-31(51)42(60)48(7)22-33(54)49(8)30(19-24(3)4)37(55)45-25(5)40(58)50(9)36(27-14-11-10-12-15-27)43(61)62-26(6)34(38(56)46-29)47-39(57)35-32(53)16-13-17-44-35/h10-17,23-26,28-31,34,36,52-53H,18-22H2,1-9H3,(H,45,55)(H,46,56)(H,47,57)/t25-,26-,28+,29+,30+,31-,34-,36+/m1/s1. The maximum atomic E-state index is 14.4. The molecule has 3 heterocycles. The Morgan fingerprint density at radius 2 is 1.50 bits per heavy atom. The van der Waals surface area contributed by atoms with Crippen molar-refractivity contribution >= 4 is 47.3 Å². The number of benzene rings is 1. The van der Waals surface area contributed by atoms with Crippen LogP contribution in [-0.2, 0) is 38.3 Å². The molecule has 19 heteroatoms. The summed E-state index contributed by atoms with van der Waals surface area (Å²) in [6.07, 6.45) is -1.32. The van der Waals surface area contributed by atoms with E-state index in [-0.39, 0.29) is 37.6 Å². The van der Waals surface area contributed by atoms with E-state index in [9.17, 15) is 48.6 Å². The average Bonchev–Trinajstić information content (AvgIpc) is 3.61. The van der Waals surface area contributed by atoms with Crippen LogP contribution in [0.1, 0.15) is 82.9 Å². The van der Waals surface area contributed by atoms with Crippen molar-refractivity contribution in [3.63, 3.8) is 0 Å². The van der Waals surface area contributed by atoms with E-state index in [2.05, 4.69) is 20.9 Å². The van der Waals surface area contributed by atoms with E-state index in [0.717, 1.165) is 14.7 Å². The van der Waals surface area contributed by atoms with Crippen LogP contribution in [0.3, 0.4) is 0 Å². The van der Waals surface area contributed by atoms with E-state index >= 15 is 0 Å². The van der Waals surface area contributed by atoms with Crippen molar-refractivity contribution in [1.29, 1.82) is 0 Å². The van der Waals surface area contributed by atoms with E-state index in [1.165, 1.54) is 58.2 Å². The van der Waals surface area contributed by atoms with Crippen molar-refractivity contribution < 1.29 is 53.3 Å². The third-order valence-electron chi connectivity index (χ3n) is 10.9. The van der Waals surface area contributed by atoms with E-state index < -0.39 is 114 Å². The summed E-state index contributed by atoms with van der Waals surface area (Å²) < 4.78 is 5.89. The zero-order valence-electron chi connectivity index (χ0n) is 36.7. The lowest BCUT2D eigenvalue weighted by Gasteiger charge is -2.35. The lowest BCUT2D eigenvalue weighted by Crippen LogP contribution is -2.60. The first kappa shape index (κ1) is 48.6. The molecule has 4 rings (SSSR count). The number of aliphatic hydroxyl groups is 1. The van der Waals surface area contributed by atoms with Gasteiger partial charge < -0.3 is 50.5 Å². The fourth-order valence-corrected chi connectivity index (χ4v) is 7.60. The molecular formula is C43H60N8O11. The first-order valence-electron chi connectivity index (χ1n) is 20.7. The van der Waals surface area contributed by atoms with Crippen LogP contribution in [-0.4, -0.2) is 159 Å². The van der Waals surface area contributed by atoms with E-state index in [4.69, 9.17) is 4.74 Å². The fraction of sp³-hybridized carbons (Fsp3) is 0.558. The van der Waals surface area contributed by atoms with Crippen LogP contribution in [0.5, 0.6) is 5.75 Å². The predicted molar refractivity (Wildman–Crippen MR) is 223 cm³/mol. The monoisotopic (exact) mass is 864 g/mol. The number of cyclic esters (lactones) is 1. The number of fused-ring (bicyclic) bond motifs is 1. The lowest BCUT2D eigenvalue weighted by atomic mass is 10.0. The Labute approximate surface area is 361 Å². The van der Waals surface area contributed by atoms with Gasteiger partial charge in [-0.1, -0.05) is 58.0 Å². The number of carbonyl (C=O) groups excluding carboxylic acids is 8. The summed E-state index contributed by atoms with van der Waals surface area (Å²) in [5.41, 5.74) is -0.143. The summed E-state index contributed by atoms with van der Waals surface area (Å²) in [4.78, 5) is 121. The highest BCUT2D eigenvalue weighted by Crippen LogP contribution is 2.26. The van der Waals surface area contributed by atoms with Gasteiger partial charge in [-0.15, -0.1) is 0 Å². The number of esters is 1. The molecule has 62 heavy (non-hydrogen) atoms. The van der Waals surface area contributed by atoms with Crippen LogP contribution >= 0.6 is 0 Å². The molecule has 338 valence electrons. The molecule has 0 radical (unpaired) electrons. The first-order chi connectivity index (χ1) is 29.1. The summed E-state index contributed by atoms with van der Waals surface area (Å²) in [5, 5.41) is 29.0. The van der Waals surface area contributed by atoms with Crippen LogP contribution in [0.15, 0.2) is 48.7 Å². The number of aliphatic hydroxyl groups excluding tert-OH is 1. The van der Waals surface area contributed by atoms with Gasteiger partial charge in [-0.3, -0.25) is 33.6 Å². The molecule has 0 aliphatic carbocycles. The Hall–Kier alpha value is -6.11. The zero-order chi connectivity index (χ0) is 46.2. The van der Waals surface area contributed by atoms with Gasteiger partial charge in [-0.25, -0.2) is 9.78 Å². The number of rotatable bonds is 7. The quantitative estimate of drug-likeness (QED) is 0.237. The molecular weight excluding hydrogens is 805 g/mol. The third kappa shape index (κ3) is 11.8. The molecule has 19 nitrogen and oxygen atoms in total. The Bertz CT molecular complexity index is 1980. The fourth-order valence-electron chi connectivity index (χ4n) is 7.60. The van der Waals surface area contributed by atoms with E-state index in [1.807, 2.05) is 13.8 Å². The van der Waals surface area contributed by atoms with Gasteiger partial charge in [0.1, 0.15) is 42.1 Å². The smallest absolute Gasteiger partial charge is 0.333 e. The molecule has 2 aliphatic heterocycles. The van der Waals surface area contributed by atoms with Gasteiger partial charge in [-0.05, 0) is 56.2 Å². The normalized spacial score (nSPS) is 26.7. The lowest BCUT2D eigenvalue weighted by molar-refractivity contribution is -0.161. The number of nitrogens with zero attached hydrogens (tertiary/aromatic N) is 5. The van der Waals surface area contributed by atoms with Gasteiger partial charge in [-0.2, -0.15) is 0 Å². The van der Waals surface area contributed by atoms with Gasteiger partial charge >= 0.3 is 5.97 Å². The molecule has 0 spiro atoms. The second kappa shape index (κ2) is 21.1. The molecule has 2 aliphatic rings. The van der Waals surface area contributed by atoms with Gasteiger partial charge in [0.25, 0.3) is 5.91 Å². The summed E-state index contributed by atoms with van der Waals surface area (Å²) in [5.74, 6) is -7.25. The van der Waals surface area contributed by atoms with Crippen LogP contribution in [0, 0.1) is 11.8 Å². The first-order valence-corrected chi connectivity index (χ1v) is 20.7. The van der Waals surface area contributed by atoms with Crippen molar-refractivity contribution in [3.8, 4) is 5.75 Å². The number of aromatic nitrogens is 1. The van der Waals surface area contributed by atoms with Crippen molar-refractivity contribution in [2.45, 2.75) is 109 Å². The van der Waals surface area contributed by atoms with E-state index in [0.29, 0.717) is 5.56 Å². The van der Waals surface area contributed by atoms with Crippen molar-refractivity contribution in [2.24, 2.45) is 11.8 Å². The highest BCUT2D eigenvalue weighted by molar-refractivity contribution is 6.00. The summed E-state index contributed by atoms with van der Waals surface area (Å²) in [6, 6.07) is 2.66. The van der Waals surface area contributed by atoms with Gasteiger partial charge in [0.05, 0.1) is 12.6 Å². The largest absolute Gasteiger partial charge is 0.505 e. The number of pyridine rings is 1. The number of nitrogens with one attached hydrogen (secondary N) is 3. The van der Waals surface area contributed by atoms with Gasteiger partial charge in [0, 0.05) is 40.3 Å². The second-order valence-electron chi connectivity index (χ2n) is 16.9. The summed E-state index contributed by atoms with van der Waals surface area (Å²) >= 11 is 0. The van der Waals surface area contributed by atoms with Crippen LogP contribution in [0.4, 0.5) is 0 Å². The highest BCUT2D eigenvalue weighted by atomic mass is 16.5. The van der Waals surface area contributed by atoms with Crippen LogP contribution in [0.2, 0.25) is 0 Å². The molecule has 5 N–H and O–H groups in total. The minimum absolute atomic E-state index is 0.0353. The molecule has 2 saturated heterocycles. The Morgan fingerprint density at radius 3 is 2.11 bits per heavy atom. The highest BCUT2D eigenvalue weighted by Gasteiger charge is 2.45. The molecule has 0 saturated carbocycles. The Morgan fingerprint density at radius 1 is 0.855 bits per heavy atom. The van der Waals surface area contributed by atoms with Crippen LogP contribution in [0.25, 0.3) is 0 Å². The minimum Gasteiger partial charge on any atom is -0.505 e. The molecule has 1 aromatic carbocycles. The summed E-state index contributed by atoms with van der Waals surface area (Å²) in [6.45, 7) is 9.27. The zero-order valence-corrected chi connectivity index (χ0v) is 36.7.